The second kappa shape index (κ2) is 14.7. The number of thiazole rings is 1. The molecule has 13 heteroatoms. The maximum Gasteiger partial charge on any atom is 0.408 e. The molecule has 250 valence electrons. The predicted octanol–water partition coefficient (Wildman–Crippen LogP) is 4.65. The van der Waals surface area contributed by atoms with E-state index in [1.165, 1.54) is 16.2 Å². The highest BCUT2D eigenvalue weighted by atomic mass is 32.1. The Labute approximate surface area is 277 Å². The summed E-state index contributed by atoms with van der Waals surface area (Å²) in [5, 5.41) is 22.6. The Hall–Kier alpha value is -4.26. The van der Waals surface area contributed by atoms with E-state index in [2.05, 4.69) is 20.8 Å². The van der Waals surface area contributed by atoms with Crippen molar-refractivity contribution < 1.29 is 33.9 Å². The summed E-state index contributed by atoms with van der Waals surface area (Å²) in [7, 11) is 0. The van der Waals surface area contributed by atoms with E-state index in [1.54, 1.807) is 12.4 Å². The summed E-state index contributed by atoms with van der Waals surface area (Å²) in [4.78, 5) is 64.9. The molecule has 2 saturated carbocycles. The van der Waals surface area contributed by atoms with E-state index < -0.39 is 47.6 Å². The lowest BCUT2D eigenvalue weighted by molar-refractivity contribution is -0.145. The lowest BCUT2D eigenvalue weighted by Gasteiger charge is -2.29. The largest absolute Gasteiger partial charge is 0.479 e. The average molecular weight is 664 g/mol. The number of carbonyl (C=O) groups is 4. The van der Waals surface area contributed by atoms with Crippen LogP contribution in [0, 0.1) is 5.92 Å². The molecule has 2 aliphatic heterocycles. The minimum atomic E-state index is -1.41. The smallest absolute Gasteiger partial charge is 0.408 e. The molecule has 2 aromatic rings. The number of oxime groups is 1. The van der Waals surface area contributed by atoms with Gasteiger partial charge in [-0.1, -0.05) is 54.4 Å². The van der Waals surface area contributed by atoms with Crippen molar-refractivity contribution in [3.63, 3.8) is 0 Å². The molecule has 5 atom stereocenters. The Morgan fingerprint density at radius 1 is 1.11 bits per heavy atom. The van der Waals surface area contributed by atoms with Crippen LogP contribution in [-0.4, -0.2) is 81.5 Å². The first kappa shape index (κ1) is 32.7. The first-order valence-corrected chi connectivity index (χ1v) is 17.4. The molecule has 1 saturated heterocycles. The van der Waals surface area contributed by atoms with Crippen LogP contribution >= 0.6 is 11.3 Å². The number of nitrogens with one attached hydrogen (secondary N) is 2. The number of amides is 3. The van der Waals surface area contributed by atoms with Crippen LogP contribution in [0.2, 0.25) is 0 Å². The number of carbonyl (C=O) groups excluding carboxylic acids is 3. The van der Waals surface area contributed by atoms with Crippen LogP contribution in [0.15, 0.2) is 53.2 Å². The molecule has 1 aromatic carbocycles. The Morgan fingerprint density at radius 3 is 2.70 bits per heavy atom. The summed E-state index contributed by atoms with van der Waals surface area (Å²) in [6.45, 7) is 0.0433. The number of hydrogen-bond donors (Lipinski definition) is 3. The predicted molar refractivity (Wildman–Crippen MR) is 175 cm³/mol. The summed E-state index contributed by atoms with van der Waals surface area (Å²) in [6, 6.07) is 5.73. The molecule has 0 bridgehead atoms. The lowest BCUT2D eigenvalue weighted by atomic mass is 10.0. The second-order valence-electron chi connectivity index (χ2n) is 12.8. The van der Waals surface area contributed by atoms with E-state index >= 15 is 0 Å². The van der Waals surface area contributed by atoms with Gasteiger partial charge in [0.15, 0.2) is 0 Å². The van der Waals surface area contributed by atoms with Gasteiger partial charge >= 0.3 is 12.1 Å². The number of hydrogen-bond acceptors (Lipinski definition) is 9. The number of ether oxygens (including phenoxy) is 1. The normalized spacial score (nSPS) is 29.2. The molecular weight excluding hydrogens is 622 g/mol. The minimum Gasteiger partial charge on any atom is -0.479 e. The number of aromatic nitrogens is 1. The molecule has 12 nitrogen and oxygen atoms in total. The lowest BCUT2D eigenvalue weighted by Crippen LogP contribution is -2.56. The standard InChI is InChI=1S/C34H41N5O7S/c40-29-28-18-25(46-36-20-22-10-6-9-14-26(22)30-35-16-17-47-30)21-39(28)31(41)27(37-33(44)45-24-12-7-8-13-24)15-5-3-1-2-4-11-23-19-34(23,38-29)32(42)43/h4,6,9-11,14,16-17,20,23-25,27-28H,1-3,5,7-8,12-13,15,18-19,21H2,(H,37,44)(H,38,40)(H,42,43)/b11-4-,36-20+/t23-,25-,27+,28+,34?/m1/s1. The minimum absolute atomic E-state index is 0.0433. The van der Waals surface area contributed by atoms with Gasteiger partial charge in [-0.15, -0.1) is 11.3 Å². The summed E-state index contributed by atoms with van der Waals surface area (Å²) in [5.41, 5.74) is 0.279. The molecule has 1 aromatic heterocycles. The van der Waals surface area contributed by atoms with E-state index in [0.29, 0.717) is 12.8 Å². The molecule has 0 radical (unpaired) electrons. The first-order valence-electron chi connectivity index (χ1n) is 16.5. The average Bonchev–Trinajstić information content (AvgIpc) is 3.55. The third-order valence-electron chi connectivity index (χ3n) is 9.51. The van der Waals surface area contributed by atoms with E-state index in [4.69, 9.17) is 9.57 Å². The maximum atomic E-state index is 14.2. The second-order valence-corrected chi connectivity index (χ2v) is 13.7. The van der Waals surface area contributed by atoms with Crippen LogP contribution < -0.4 is 10.6 Å². The van der Waals surface area contributed by atoms with Gasteiger partial charge in [-0.3, -0.25) is 9.59 Å². The van der Waals surface area contributed by atoms with Gasteiger partial charge in [-0.05, 0) is 51.4 Å². The molecular formula is C34H41N5O7S. The molecule has 3 fully saturated rings. The highest BCUT2D eigenvalue weighted by Gasteiger charge is 2.61. The zero-order valence-corrected chi connectivity index (χ0v) is 27.0. The van der Waals surface area contributed by atoms with Crippen molar-refractivity contribution in [1.82, 2.24) is 20.5 Å². The van der Waals surface area contributed by atoms with Gasteiger partial charge in [0.05, 0.1) is 12.8 Å². The number of benzene rings is 1. The summed E-state index contributed by atoms with van der Waals surface area (Å²) in [6.07, 6.45) is 13.2. The molecule has 47 heavy (non-hydrogen) atoms. The van der Waals surface area contributed by atoms with Crippen LogP contribution in [0.25, 0.3) is 10.6 Å². The van der Waals surface area contributed by atoms with Crippen molar-refractivity contribution in [2.45, 2.75) is 100 Å². The number of nitrogens with zero attached hydrogens (tertiary/aromatic N) is 3. The summed E-state index contributed by atoms with van der Waals surface area (Å²) < 4.78 is 5.61. The SMILES string of the molecule is O=C(N[C@H]1CCCCC/C=C\[C@@H]2CC2(C(=O)O)NC(=O)[C@@H]2C[C@@H](O/N=C/c3ccccc3-c3nccs3)CN2C1=O)OC1CCCC1. The zero-order chi connectivity index (χ0) is 32.8. The van der Waals surface area contributed by atoms with Crippen LogP contribution in [0.1, 0.15) is 76.2 Å². The monoisotopic (exact) mass is 663 g/mol. The van der Waals surface area contributed by atoms with E-state index in [1.807, 2.05) is 41.8 Å². The van der Waals surface area contributed by atoms with Crippen LogP contribution in [0.5, 0.6) is 0 Å². The Bertz CT molecular complexity index is 1510. The van der Waals surface area contributed by atoms with Gasteiger partial charge in [0.2, 0.25) is 11.8 Å². The van der Waals surface area contributed by atoms with Crippen molar-refractivity contribution in [3.8, 4) is 10.6 Å². The fourth-order valence-electron chi connectivity index (χ4n) is 6.81. The topological polar surface area (TPSA) is 160 Å². The van der Waals surface area contributed by atoms with E-state index in [0.717, 1.165) is 61.1 Å². The van der Waals surface area contributed by atoms with Gasteiger partial charge in [0.1, 0.15) is 34.8 Å². The van der Waals surface area contributed by atoms with Gasteiger partial charge in [0, 0.05) is 35.0 Å². The Morgan fingerprint density at radius 2 is 1.91 bits per heavy atom. The van der Waals surface area contributed by atoms with Crippen LogP contribution in [0.4, 0.5) is 4.79 Å². The Kier molecular flexibility index (Phi) is 10.2. The third-order valence-corrected chi connectivity index (χ3v) is 10.3. The van der Waals surface area contributed by atoms with Gasteiger partial charge in [-0.2, -0.15) is 0 Å². The highest BCUT2D eigenvalue weighted by molar-refractivity contribution is 7.13. The van der Waals surface area contributed by atoms with Crippen LogP contribution in [0.3, 0.4) is 0 Å². The number of carboxylic acids is 1. The third kappa shape index (κ3) is 7.66. The molecule has 3 amide bonds. The van der Waals surface area contributed by atoms with Gasteiger partial charge in [-0.25, -0.2) is 14.6 Å². The molecule has 4 aliphatic rings. The fraction of sp³-hybridized carbons (Fsp3) is 0.529. The van der Waals surface area contributed by atoms with Crippen molar-refractivity contribution in [3.05, 3.63) is 53.6 Å². The van der Waals surface area contributed by atoms with Crippen LogP contribution in [-0.2, 0) is 24.0 Å². The molecule has 3 heterocycles. The molecule has 6 rings (SSSR count). The fourth-order valence-corrected chi connectivity index (χ4v) is 7.49. The Balaban J connectivity index is 1.22. The highest BCUT2D eigenvalue weighted by Crippen LogP contribution is 2.45. The van der Waals surface area contributed by atoms with Gasteiger partial charge < -0.3 is 30.2 Å². The quantitative estimate of drug-likeness (QED) is 0.219. The van der Waals surface area contributed by atoms with Crippen molar-refractivity contribution in [1.29, 1.82) is 0 Å². The number of rotatable bonds is 7. The maximum absolute atomic E-state index is 14.2. The van der Waals surface area contributed by atoms with Crippen molar-refractivity contribution in [2.24, 2.45) is 11.1 Å². The number of aliphatic carboxylic acids is 1. The zero-order valence-electron chi connectivity index (χ0n) is 26.2. The molecule has 0 spiro atoms. The first-order chi connectivity index (χ1) is 22.8. The molecule has 3 N–H and O–H groups in total. The number of allylic oxidation sites excluding steroid dienone is 1. The number of carboxylic acid groups (broad SMARTS) is 1. The van der Waals surface area contributed by atoms with E-state index in [9.17, 15) is 24.3 Å². The molecule has 1 unspecified atom stereocenters. The van der Waals surface area contributed by atoms with Gasteiger partial charge in [0.25, 0.3) is 0 Å². The van der Waals surface area contributed by atoms with E-state index in [-0.39, 0.29) is 31.4 Å². The summed E-state index contributed by atoms with van der Waals surface area (Å²) in [5.74, 6) is -2.43. The number of alkyl carbamates (subject to hydrolysis) is 1. The number of fused-ring (bicyclic) bond motifs is 2. The summed E-state index contributed by atoms with van der Waals surface area (Å²) >= 11 is 1.51. The molecule has 2 aliphatic carbocycles. The van der Waals surface area contributed by atoms with Crippen molar-refractivity contribution >= 4 is 41.4 Å². The van der Waals surface area contributed by atoms with Crippen molar-refractivity contribution in [2.75, 3.05) is 6.54 Å².